The Bertz CT molecular complexity index is 1090. The van der Waals surface area contributed by atoms with Crippen LogP contribution < -0.4 is 5.73 Å². The van der Waals surface area contributed by atoms with Gasteiger partial charge in [0, 0.05) is 24.0 Å². The first kappa shape index (κ1) is 21.0. The van der Waals surface area contributed by atoms with Gasteiger partial charge in [-0.25, -0.2) is 4.68 Å². The Morgan fingerprint density at radius 1 is 1.16 bits per heavy atom. The molecule has 3 aromatic rings. The third kappa shape index (κ3) is 4.32. The van der Waals surface area contributed by atoms with Gasteiger partial charge >= 0.3 is 6.18 Å². The molecular weight excluding hydrogens is 409 g/mol. The maximum absolute atomic E-state index is 13.2. The molecule has 1 fully saturated rings. The van der Waals surface area contributed by atoms with Gasteiger partial charge in [0.15, 0.2) is 5.69 Å². The summed E-state index contributed by atoms with van der Waals surface area (Å²) >= 11 is 0. The number of carbonyl (C=O) groups is 1. The highest BCUT2D eigenvalue weighted by Crippen LogP contribution is 2.41. The first-order chi connectivity index (χ1) is 14.7. The van der Waals surface area contributed by atoms with Crippen LogP contribution in [0.15, 0.2) is 54.9 Å². The molecule has 4 rings (SSSR count). The molecule has 0 spiro atoms. The molecule has 2 aromatic heterocycles. The number of carbonyl (C=O) groups excluding carboxylic acids is 1. The van der Waals surface area contributed by atoms with Crippen LogP contribution in [-0.4, -0.2) is 25.8 Å². The molecule has 162 valence electrons. The molecule has 1 saturated carbocycles. The summed E-state index contributed by atoms with van der Waals surface area (Å²) in [5.74, 6) is -0.474. The summed E-state index contributed by atoms with van der Waals surface area (Å²) < 4.78 is 40.3. The van der Waals surface area contributed by atoms with E-state index in [1.807, 2.05) is 0 Å². The first-order valence-corrected chi connectivity index (χ1v) is 9.89. The number of benzene rings is 1. The highest BCUT2D eigenvalue weighted by Gasteiger charge is 2.37. The molecule has 1 atom stereocenters. The zero-order chi connectivity index (χ0) is 22.2. The minimum atomic E-state index is -4.73. The smallest absolute Gasteiger partial charge is 0.380 e. The first-order valence-electron chi connectivity index (χ1n) is 9.89. The second-order valence-electron chi connectivity index (χ2n) is 7.82. The van der Waals surface area contributed by atoms with E-state index in [4.69, 9.17) is 5.73 Å². The van der Waals surface area contributed by atoms with Crippen LogP contribution in [0.1, 0.15) is 53.0 Å². The highest BCUT2D eigenvalue weighted by atomic mass is 19.4. The standard InChI is InChI=1S/C22H21F3N4O2/c23-22(24,25)19-12-18(20(26)30)29(28-19)17-5-1-3-15(11-17)21(31,9-8-14-6-7-14)16-4-2-10-27-13-16/h1-5,10-14,31H,6-9H2,(H2,26,30). The molecule has 0 radical (unpaired) electrons. The normalized spacial score (nSPS) is 16.1. The number of aliphatic hydroxyl groups is 1. The fraction of sp³-hybridized carbons (Fsp3) is 0.318. The summed E-state index contributed by atoms with van der Waals surface area (Å²) in [4.78, 5) is 15.9. The molecule has 0 bridgehead atoms. The largest absolute Gasteiger partial charge is 0.435 e. The van der Waals surface area contributed by atoms with Gasteiger partial charge in [-0.2, -0.15) is 18.3 Å². The molecule has 3 N–H and O–H groups in total. The van der Waals surface area contributed by atoms with Gasteiger partial charge in [0.05, 0.1) is 5.69 Å². The van der Waals surface area contributed by atoms with Crippen molar-refractivity contribution >= 4 is 5.91 Å². The Kier molecular flexibility index (Phi) is 5.30. The zero-order valence-electron chi connectivity index (χ0n) is 16.5. The summed E-state index contributed by atoms with van der Waals surface area (Å²) in [5.41, 5.74) is 3.53. The molecule has 1 aromatic carbocycles. The van der Waals surface area contributed by atoms with Gasteiger partial charge in [0.2, 0.25) is 0 Å². The molecule has 6 nitrogen and oxygen atoms in total. The second kappa shape index (κ2) is 7.81. The molecular formula is C22H21F3N4O2. The maximum atomic E-state index is 13.2. The maximum Gasteiger partial charge on any atom is 0.435 e. The van der Waals surface area contributed by atoms with E-state index in [1.54, 1.807) is 36.7 Å². The van der Waals surface area contributed by atoms with Crippen molar-refractivity contribution in [2.24, 2.45) is 11.7 Å². The molecule has 31 heavy (non-hydrogen) atoms. The quantitative estimate of drug-likeness (QED) is 0.596. The Morgan fingerprint density at radius 2 is 1.90 bits per heavy atom. The molecule has 0 saturated heterocycles. The fourth-order valence-electron chi connectivity index (χ4n) is 3.67. The topological polar surface area (TPSA) is 94.0 Å². The Hall–Kier alpha value is -3.20. The van der Waals surface area contributed by atoms with Crippen LogP contribution in [0.25, 0.3) is 5.69 Å². The Morgan fingerprint density at radius 3 is 2.52 bits per heavy atom. The minimum Gasteiger partial charge on any atom is -0.380 e. The van der Waals surface area contributed by atoms with Gasteiger partial charge in [0.1, 0.15) is 11.3 Å². The molecule has 1 aliphatic rings. The molecule has 1 amide bonds. The summed E-state index contributed by atoms with van der Waals surface area (Å²) in [6.45, 7) is 0. The van der Waals surface area contributed by atoms with Crippen LogP contribution in [0.5, 0.6) is 0 Å². The van der Waals surface area contributed by atoms with Gasteiger partial charge < -0.3 is 10.8 Å². The van der Waals surface area contributed by atoms with Crippen LogP contribution >= 0.6 is 0 Å². The van der Waals surface area contributed by atoms with E-state index in [0.717, 1.165) is 23.9 Å². The van der Waals surface area contributed by atoms with Crippen molar-refractivity contribution in [2.45, 2.75) is 37.5 Å². The minimum absolute atomic E-state index is 0.190. The number of pyridine rings is 1. The van der Waals surface area contributed by atoms with E-state index in [0.29, 0.717) is 29.5 Å². The molecule has 1 aliphatic carbocycles. The van der Waals surface area contributed by atoms with E-state index in [9.17, 15) is 23.1 Å². The van der Waals surface area contributed by atoms with Gasteiger partial charge in [-0.1, -0.05) is 31.0 Å². The SMILES string of the molecule is NC(=O)c1cc(C(F)(F)F)nn1-c1cccc(C(O)(CCC2CC2)c2cccnc2)c1. The zero-order valence-corrected chi connectivity index (χ0v) is 16.5. The summed E-state index contributed by atoms with van der Waals surface area (Å²) in [5, 5.41) is 15.2. The third-order valence-corrected chi connectivity index (χ3v) is 5.57. The lowest BCUT2D eigenvalue weighted by Gasteiger charge is -2.29. The van der Waals surface area contributed by atoms with Crippen LogP contribution in [-0.2, 0) is 11.8 Å². The van der Waals surface area contributed by atoms with Gasteiger partial charge in [-0.05, 0) is 42.5 Å². The third-order valence-electron chi connectivity index (χ3n) is 5.57. The number of aromatic nitrogens is 3. The van der Waals surface area contributed by atoms with Gasteiger partial charge in [-0.15, -0.1) is 0 Å². The van der Waals surface area contributed by atoms with Crippen molar-refractivity contribution in [3.63, 3.8) is 0 Å². The predicted octanol–water partition coefficient (Wildman–Crippen LogP) is 3.81. The van der Waals surface area contributed by atoms with Gasteiger partial charge in [-0.3, -0.25) is 9.78 Å². The number of nitrogens with two attached hydrogens (primary N) is 1. The summed E-state index contributed by atoms with van der Waals surface area (Å²) in [7, 11) is 0. The van der Waals surface area contributed by atoms with Crippen molar-refractivity contribution in [3.05, 3.63) is 77.4 Å². The lowest BCUT2D eigenvalue weighted by Crippen LogP contribution is -2.28. The number of alkyl halides is 3. The monoisotopic (exact) mass is 430 g/mol. The van der Waals surface area contributed by atoms with E-state index in [1.165, 1.54) is 12.1 Å². The van der Waals surface area contributed by atoms with Gasteiger partial charge in [0.25, 0.3) is 5.91 Å². The van der Waals surface area contributed by atoms with Crippen molar-refractivity contribution in [1.82, 2.24) is 14.8 Å². The fourth-order valence-corrected chi connectivity index (χ4v) is 3.67. The Balaban J connectivity index is 1.79. The number of primary amides is 1. The number of nitrogens with zero attached hydrogens (tertiary/aromatic N) is 3. The average Bonchev–Trinajstić information content (AvgIpc) is 3.46. The van der Waals surface area contributed by atoms with Crippen LogP contribution in [0.3, 0.4) is 0 Å². The van der Waals surface area contributed by atoms with Crippen molar-refractivity contribution in [3.8, 4) is 5.69 Å². The summed E-state index contributed by atoms with van der Waals surface area (Å²) in [6, 6.07) is 10.4. The number of hydrogen-bond acceptors (Lipinski definition) is 4. The van der Waals surface area contributed by atoms with Crippen LogP contribution in [0.4, 0.5) is 13.2 Å². The number of amides is 1. The molecule has 1 unspecified atom stereocenters. The van der Waals surface area contributed by atoms with E-state index in [2.05, 4.69) is 10.1 Å². The van der Waals surface area contributed by atoms with E-state index < -0.39 is 29.1 Å². The van der Waals surface area contributed by atoms with Crippen molar-refractivity contribution in [1.29, 1.82) is 0 Å². The number of rotatable bonds is 7. The molecule has 9 heteroatoms. The molecule has 2 heterocycles. The average molecular weight is 430 g/mol. The van der Waals surface area contributed by atoms with Crippen LogP contribution in [0.2, 0.25) is 0 Å². The Labute approximate surface area is 176 Å². The van der Waals surface area contributed by atoms with Crippen molar-refractivity contribution < 1.29 is 23.1 Å². The predicted molar refractivity (Wildman–Crippen MR) is 106 cm³/mol. The second-order valence-corrected chi connectivity index (χ2v) is 7.82. The summed E-state index contributed by atoms with van der Waals surface area (Å²) in [6.07, 6.45) is 1.93. The lowest BCUT2D eigenvalue weighted by molar-refractivity contribution is -0.141. The number of halogens is 3. The van der Waals surface area contributed by atoms with E-state index in [-0.39, 0.29) is 5.69 Å². The highest BCUT2D eigenvalue weighted by molar-refractivity contribution is 5.91. The number of hydrogen-bond donors (Lipinski definition) is 2. The van der Waals surface area contributed by atoms with E-state index >= 15 is 0 Å². The van der Waals surface area contributed by atoms with Crippen LogP contribution in [0, 0.1) is 5.92 Å². The van der Waals surface area contributed by atoms with Crippen molar-refractivity contribution in [2.75, 3.05) is 0 Å². The lowest BCUT2D eigenvalue weighted by atomic mass is 9.82. The molecule has 0 aliphatic heterocycles.